The zero-order valence-corrected chi connectivity index (χ0v) is 17.5. The van der Waals surface area contributed by atoms with Crippen LogP contribution in [0.2, 0.25) is 0 Å². The Hall–Kier alpha value is -1.43. The molecule has 1 amide bonds. The van der Waals surface area contributed by atoms with Crippen molar-refractivity contribution in [3.8, 4) is 0 Å². The third kappa shape index (κ3) is 8.87. The minimum Gasteiger partial charge on any atom is -0.383 e. The Kier molecular flexibility index (Phi) is 10.6. The average Bonchev–Trinajstić information content (AvgIpc) is 2.62. The van der Waals surface area contributed by atoms with Gasteiger partial charge in [0.1, 0.15) is 0 Å². The van der Waals surface area contributed by atoms with Gasteiger partial charge in [-0.3, -0.25) is 9.79 Å². The maximum absolute atomic E-state index is 12.4. The predicted molar refractivity (Wildman–Crippen MR) is 104 cm³/mol. The Morgan fingerprint density at radius 1 is 1.15 bits per heavy atom. The molecule has 27 heavy (non-hydrogen) atoms. The highest BCUT2D eigenvalue weighted by atomic mass is 32.2. The molecule has 0 atom stereocenters. The molecule has 0 aromatic rings. The largest absolute Gasteiger partial charge is 0.383 e. The Labute approximate surface area is 162 Å². The lowest BCUT2D eigenvalue weighted by Gasteiger charge is -2.35. The van der Waals surface area contributed by atoms with Gasteiger partial charge < -0.3 is 25.0 Å². The van der Waals surface area contributed by atoms with Gasteiger partial charge in [-0.05, 0) is 13.8 Å². The standard InChI is InChI=1S/C16H33N5O5S/c1-14(2)26-11-12-27(23,24)21-8-6-20(7-9-21)16(17-3)19-13-15(22)18-5-10-25-4/h14H,5-13H2,1-4H3,(H,17,19)(H,18,22). The molecule has 0 aromatic carbocycles. The smallest absolute Gasteiger partial charge is 0.239 e. The lowest BCUT2D eigenvalue weighted by molar-refractivity contribution is -0.120. The van der Waals surface area contributed by atoms with E-state index in [0.717, 1.165) is 0 Å². The van der Waals surface area contributed by atoms with Crippen LogP contribution >= 0.6 is 0 Å². The number of hydrogen-bond donors (Lipinski definition) is 2. The topological polar surface area (TPSA) is 113 Å². The fraction of sp³-hybridized carbons (Fsp3) is 0.875. The number of carbonyl (C=O) groups is 1. The monoisotopic (exact) mass is 407 g/mol. The van der Waals surface area contributed by atoms with E-state index in [1.54, 1.807) is 14.2 Å². The summed E-state index contributed by atoms with van der Waals surface area (Å²) in [7, 11) is -0.119. The van der Waals surface area contributed by atoms with E-state index in [-0.39, 0.29) is 30.9 Å². The second kappa shape index (κ2) is 12.1. The van der Waals surface area contributed by atoms with Crippen molar-refractivity contribution < 1.29 is 22.7 Å². The summed E-state index contributed by atoms with van der Waals surface area (Å²) < 4.78 is 36.5. The highest BCUT2D eigenvalue weighted by Gasteiger charge is 2.28. The molecule has 2 N–H and O–H groups in total. The molecule has 1 aliphatic heterocycles. The Morgan fingerprint density at radius 2 is 1.81 bits per heavy atom. The molecule has 158 valence electrons. The van der Waals surface area contributed by atoms with E-state index < -0.39 is 10.0 Å². The number of nitrogens with one attached hydrogen (secondary N) is 2. The zero-order valence-electron chi connectivity index (χ0n) is 16.7. The van der Waals surface area contributed by atoms with E-state index in [9.17, 15) is 13.2 Å². The number of guanidine groups is 1. The summed E-state index contributed by atoms with van der Waals surface area (Å²) >= 11 is 0. The maximum atomic E-state index is 12.4. The molecule has 0 aromatic heterocycles. The number of nitrogens with zero attached hydrogens (tertiary/aromatic N) is 3. The molecular weight excluding hydrogens is 374 g/mol. The summed E-state index contributed by atoms with van der Waals surface area (Å²) in [6.07, 6.45) is 0.0122. The van der Waals surface area contributed by atoms with Crippen LogP contribution in [0.25, 0.3) is 0 Å². The van der Waals surface area contributed by atoms with E-state index in [1.165, 1.54) is 4.31 Å². The summed E-state index contributed by atoms with van der Waals surface area (Å²) in [6.45, 7) is 6.73. The first kappa shape index (κ1) is 23.6. The van der Waals surface area contributed by atoms with Gasteiger partial charge in [-0.2, -0.15) is 4.31 Å². The van der Waals surface area contributed by atoms with Gasteiger partial charge in [-0.1, -0.05) is 0 Å². The minimum absolute atomic E-state index is 0.0122. The third-order valence-electron chi connectivity index (χ3n) is 3.97. The van der Waals surface area contributed by atoms with Crippen LogP contribution in [0.1, 0.15) is 13.8 Å². The van der Waals surface area contributed by atoms with Crippen molar-refractivity contribution >= 4 is 21.9 Å². The minimum atomic E-state index is -3.33. The molecule has 11 heteroatoms. The van der Waals surface area contributed by atoms with E-state index in [0.29, 0.717) is 45.3 Å². The lowest BCUT2D eigenvalue weighted by Crippen LogP contribution is -2.55. The van der Waals surface area contributed by atoms with Crippen LogP contribution < -0.4 is 10.6 Å². The zero-order chi connectivity index (χ0) is 20.3. The van der Waals surface area contributed by atoms with E-state index in [2.05, 4.69) is 15.6 Å². The molecule has 0 radical (unpaired) electrons. The van der Waals surface area contributed by atoms with Crippen LogP contribution in [0.3, 0.4) is 0 Å². The van der Waals surface area contributed by atoms with E-state index in [1.807, 2.05) is 18.7 Å². The maximum Gasteiger partial charge on any atom is 0.239 e. The van der Waals surface area contributed by atoms with Crippen LogP contribution in [-0.2, 0) is 24.3 Å². The second-order valence-electron chi connectivity index (χ2n) is 6.37. The fourth-order valence-electron chi connectivity index (χ4n) is 2.54. The first-order valence-corrected chi connectivity index (χ1v) is 10.7. The molecule has 0 saturated carbocycles. The number of hydrogen-bond acceptors (Lipinski definition) is 6. The number of sulfonamides is 1. The SMILES string of the molecule is CN=C(NCC(=O)NCCOC)N1CCN(S(=O)(=O)CCOC(C)C)CC1. The van der Waals surface area contributed by atoms with Crippen molar-refractivity contribution in [3.63, 3.8) is 0 Å². The molecule has 10 nitrogen and oxygen atoms in total. The predicted octanol–water partition coefficient (Wildman–Crippen LogP) is -1.30. The summed E-state index contributed by atoms with van der Waals surface area (Å²) in [5, 5.41) is 5.72. The van der Waals surface area contributed by atoms with Crippen LogP contribution in [0, 0.1) is 0 Å². The normalized spacial score (nSPS) is 16.6. The molecule has 1 aliphatic rings. The Bertz CT molecular complexity index is 574. The number of aliphatic imine (C=N–C) groups is 1. The van der Waals surface area contributed by atoms with Gasteiger partial charge in [-0.25, -0.2) is 8.42 Å². The number of methoxy groups -OCH3 is 1. The first-order chi connectivity index (χ1) is 12.8. The van der Waals surface area contributed by atoms with Gasteiger partial charge in [0.2, 0.25) is 15.9 Å². The van der Waals surface area contributed by atoms with E-state index >= 15 is 0 Å². The molecule has 1 heterocycles. The summed E-state index contributed by atoms with van der Waals surface area (Å²) in [4.78, 5) is 17.9. The Morgan fingerprint density at radius 3 is 2.37 bits per heavy atom. The number of carbonyl (C=O) groups excluding carboxylic acids is 1. The van der Waals surface area contributed by atoms with Crippen molar-refractivity contribution in [1.29, 1.82) is 0 Å². The van der Waals surface area contributed by atoms with Crippen molar-refractivity contribution in [2.45, 2.75) is 20.0 Å². The van der Waals surface area contributed by atoms with Crippen LogP contribution in [0.15, 0.2) is 4.99 Å². The van der Waals surface area contributed by atoms with Crippen molar-refractivity contribution in [1.82, 2.24) is 19.8 Å². The number of ether oxygens (including phenoxy) is 2. The summed E-state index contributed by atoms with van der Waals surface area (Å²) in [5.74, 6) is 0.413. The van der Waals surface area contributed by atoms with E-state index in [4.69, 9.17) is 9.47 Å². The fourth-order valence-corrected chi connectivity index (χ4v) is 3.83. The van der Waals surface area contributed by atoms with Crippen LogP contribution in [0.4, 0.5) is 0 Å². The molecule has 0 unspecified atom stereocenters. The molecule has 0 bridgehead atoms. The average molecular weight is 408 g/mol. The molecule has 0 spiro atoms. The second-order valence-corrected chi connectivity index (χ2v) is 8.45. The number of amides is 1. The molecule has 1 fully saturated rings. The quantitative estimate of drug-likeness (QED) is 0.263. The number of rotatable bonds is 10. The van der Waals surface area contributed by atoms with Crippen molar-refractivity contribution in [2.75, 3.05) is 72.4 Å². The van der Waals surface area contributed by atoms with Crippen LogP contribution in [0.5, 0.6) is 0 Å². The Balaban J connectivity index is 2.41. The molecule has 1 saturated heterocycles. The summed E-state index contributed by atoms with van der Waals surface area (Å²) in [6, 6.07) is 0. The number of piperazine rings is 1. The van der Waals surface area contributed by atoms with Crippen molar-refractivity contribution in [3.05, 3.63) is 0 Å². The van der Waals surface area contributed by atoms with Gasteiger partial charge >= 0.3 is 0 Å². The third-order valence-corrected chi connectivity index (χ3v) is 5.81. The molecular formula is C16H33N5O5S. The first-order valence-electron chi connectivity index (χ1n) is 9.10. The van der Waals surface area contributed by atoms with Crippen molar-refractivity contribution in [2.24, 2.45) is 4.99 Å². The highest BCUT2D eigenvalue weighted by molar-refractivity contribution is 7.89. The van der Waals surface area contributed by atoms with Gasteiger partial charge in [0.15, 0.2) is 5.96 Å². The van der Waals surface area contributed by atoms with Gasteiger partial charge in [0.05, 0.1) is 31.6 Å². The highest BCUT2D eigenvalue weighted by Crippen LogP contribution is 2.09. The van der Waals surface area contributed by atoms with Gasteiger partial charge in [0.25, 0.3) is 0 Å². The van der Waals surface area contributed by atoms with Gasteiger partial charge in [0, 0.05) is 46.9 Å². The summed E-state index contributed by atoms with van der Waals surface area (Å²) in [5.41, 5.74) is 0. The molecule has 0 aliphatic carbocycles. The molecule has 1 rings (SSSR count). The lowest BCUT2D eigenvalue weighted by atomic mass is 10.4. The van der Waals surface area contributed by atoms with Crippen LogP contribution in [-0.4, -0.2) is 108 Å². The van der Waals surface area contributed by atoms with Gasteiger partial charge in [-0.15, -0.1) is 0 Å².